The van der Waals surface area contributed by atoms with Crippen LogP contribution in [-0.4, -0.2) is 42.6 Å². The fraction of sp³-hybridized carbons (Fsp3) is 0.929. The average Bonchev–Trinajstić information content (AvgIpc) is 2.61. The van der Waals surface area contributed by atoms with Gasteiger partial charge in [0.05, 0.1) is 11.4 Å². The molecule has 1 atom stereocenters. The minimum atomic E-state index is -3.30. The Bertz CT molecular complexity index is 438. The first-order valence-electron chi connectivity index (χ1n) is 7.65. The van der Waals surface area contributed by atoms with Gasteiger partial charge < -0.3 is 10.4 Å². The summed E-state index contributed by atoms with van der Waals surface area (Å²) < 4.78 is 23.8. The van der Waals surface area contributed by atoms with Crippen LogP contribution in [0.5, 0.6) is 0 Å². The van der Waals surface area contributed by atoms with E-state index in [4.69, 9.17) is 0 Å². The van der Waals surface area contributed by atoms with Crippen molar-refractivity contribution >= 4 is 15.7 Å². The molecule has 1 saturated heterocycles. The average molecular weight is 303 g/mol. The summed E-state index contributed by atoms with van der Waals surface area (Å²) >= 11 is 0. The highest BCUT2D eigenvalue weighted by Gasteiger charge is 2.36. The molecule has 1 saturated carbocycles. The zero-order valence-corrected chi connectivity index (χ0v) is 12.8. The topological polar surface area (TPSA) is 83.5 Å². The lowest BCUT2D eigenvalue weighted by Crippen LogP contribution is -2.48. The van der Waals surface area contributed by atoms with Crippen molar-refractivity contribution in [3.8, 4) is 0 Å². The zero-order chi connectivity index (χ0) is 14.6. The first-order valence-corrected chi connectivity index (χ1v) is 9.36. The Morgan fingerprint density at radius 1 is 1.10 bits per heavy atom. The highest BCUT2D eigenvalue weighted by atomic mass is 32.2. The maximum atomic E-state index is 12.1. The summed E-state index contributed by atoms with van der Waals surface area (Å²) in [5.41, 5.74) is -0.857. The van der Waals surface area contributed by atoms with Crippen LogP contribution in [0.4, 0.5) is 0 Å². The number of amides is 1. The summed E-state index contributed by atoms with van der Waals surface area (Å²) in [6, 6.07) is 0. The third-order valence-electron chi connectivity index (χ3n) is 4.50. The lowest BCUT2D eigenvalue weighted by molar-refractivity contribution is -0.122. The van der Waals surface area contributed by atoms with Gasteiger partial charge in [0.15, 0.2) is 9.84 Å². The largest absolute Gasteiger partial charge is 0.388 e. The van der Waals surface area contributed by atoms with E-state index < -0.39 is 26.6 Å². The van der Waals surface area contributed by atoms with Crippen LogP contribution in [0.2, 0.25) is 0 Å². The van der Waals surface area contributed by atoms with Gasteiger partial charge in [-0.3, -0.25) is 4.79 Å². The highest BCUT2D eigenvalue weighted by Crippen LogP contribution is 2.26. The van der Waals surface area contributed by atoms with Crippen LogP contribution in [-0.2, 0) is 14.6 Å². The predicted octanol–water partition coefficient (Wildman–Crippen LogP) is 1.16. The van der Waals surface area contributed by atoms with Crippen LogP contribution in [0.15, 0.2) is 0 Å². The molecule has 0 aromatic carbocycles. The predicted molar refractivity (Wildman–Crippen MR) is 77.1 cm³/mol. The summed E-state index contributed by atoms with van der Waals surface area (Å²) in [6.07, 6.45) is 7.38. The first kappa shape index (κ1) is 15.8. The second-order valence-corrected chi connectivity index (χ2v) is 8.51. The van der Waals surface area contributed by atoms with Crippen LogP contribution in [0.1, 0.15) is 57.8 Å². The SMILES string of the molecule is O=C(NCC1(O)CCCCCC1)C1CCCCS1(=O)=O. The molecule has 0 aromatic heterocycles. The van der Waals surface area contributed by atoms with Gasteiger partial charge >= 0.3 is 0 Å². The van der Waals surface area contributed by atoms with E-state index in [-0.39, 0.29) is 12.3 Å². The number of hydrogen-bond acceptors (Lipinski definition) is 4. The molecule has 6 heteroatoms. The van der Waals surface area contributed by atoms with E-state index in [1.54, 1.807) is 0 Å². The molecule has 20 heavy (non-hydrogen) atoms. The number of sulfone groups is 1. The smallest absolute Gasteiger partial charge is 0.238 e. The Kier molecular flexibility index (Phi) is 5.07. The van der Waals surface area contributed by atoms with Gasteiger partial charge in [-0.05, 0) is 25.7 Å². The standard InChI is InChI=1S/C14H25NO4S/c16-13(12-7-3-6-10-20(12,18)19)15-11-14(17)8-4-1-2-5-9-14/h12,17H,1-11H2,(H,15,16). The van der Waals surface area contributed by atoms with Gasteiger partial charge in [-0.2, -0.15) is 0 Å². The van der Waals surface area contributed by atoms with Crippen LogP contribution < -0.4 is 5.32 Å². The van der Waals surface area contributed by atoms with Crippen molar-refractivity contribution in [2.24, 2.45) is 0 Å². The van der Waals surface area contributed by atoms with Gasteiger partial charge in [-0.25, -0.2) is 8.42 Å². The monoisotopic (exact) mass is 303 g/mol. The van der Waals surface area contributed by atoms with Crippen molar-refractivity contribution in [1.29, 1.82) is 0 Å². The van der Waals surface area contributed by atoms with Crippen LogP contribution in [0.3, 0.4) is 0 Å². The Morgan fingerprint density at radius 2 is 1.75 bits per heavy atom. The lowest BCUT2D eigenvalue weighted by atomic mass is 9.94. The van der Waals surface area contributed by atoms with Gasteiger partial charge in [-0.15, -0.1) is 0 Å². The molecule has 0 spiro atoms. The summed E-state index contributed by atoms with van der Waals surface area (Å²) in [7, 11) is -3.30. The van der Waals surface area contributed by atoms with Gasteiger partial charge in [0.2, 0.25) is 5.91 Å². The Balaban J connectivity index is 1.91. The molecule has 2 fully saturated rings. The van der Waals surface area contributed by atoms with Crippen molar-refractivity contribution in [3.63, 3.8) is 0 Å². The molecule has 1 unspecified atom stereocenters. The molecule has 1 amide bonds. The minimum absolute atomic E-state index is 0.107. The normalized spacial score (nSPS) is 29.4. The van der Waals surface area contributed by atoms with E-state index in [1.807, 2.05) is 0 Å². The van der Waals surface area contributed by atoms with Gasteiger partial charge in [0.1, 0.15) is 5.25 Å². The maximum absolute atomic E-state index is 12.1. The zero-order valence-electron chi connectivity index (χ0n) is 11.9. The van der Waals surface area contributed by atoms with Gasteiger partial charge in [0, 0.05) is 6.54 Å². The number of carbonyl (C=O) groups is 1. The van der Waals surface area contributed by atoms with E-state index in [2.05, 4.69) is 5.32 Å². The molecule has 0 aromatic rings. The Morgan fingerprint density at radius 3 is 2.35 bits per heavy atom. The van der Waals surface area contributed by atoms with Crippen molar-refractivity contribution in [1.82, 2.24) is 5.32 Å². The number of hydrogen-bond donors (Lipinski definition) is 2. The second-order valence-electron chi connectivity index (χ2n) is 6.21. The number of rotatable bonds is 3. The lowest BCUT2D eigenvalue weighted by Gasteiger charge is -2.28. The molecule has 0 radical (unpaired) electrons. The van der Waals surface area contributed by atoms with E-state index >= 15 is 0 Å². The van der Waals surface area contributed by atoms with E-state index in [9.17, 15) is 18.3 Å². The van der Waals surface area contributed by atoms with E-state index in [1.165, 1.54) is 0 Å². The second kappa shape index (κ2) is 6.43. The molecule has 2 N–H and O–H groups in total. The van der Waals surface area contributed by atoms with Crippen molar-refractivity contribution < 1.29 is 18.3 Å². The van der Waals surface area contributed by atoms with Gasteiger partial charge in [-0.1, -0.05) is 32.1 Å². The highest BCUT2D eigenvalue weighted by molar-refractivity contribution is 7.92. The van der Waals surface area contributed by atoms with Crippen LogP contribution in [0, 0.1) is 0 Å². The molecule has 1 heterocycles. The van der Waals surface area contributed by atoms with Crippen molar-refractivity contribution in [2.75, 3.05) is 12.3 Å². The number of aliphatic hydroxyl groups is 1. The molecular weight excluding hydrogens is 278 g/mol. The molecule has 2 aliphatic rings. The number of nitrogens with one attached hydrogen (secondary N) is 1. The molecule has 2 rings (SSSR count). The molecule has 1 aliphatic heterocycles. The molecule has 0 bridgehead atoms. The maximum Gasteiger partial charge on any atom is 0.238 e. The van der Waals surface area contributed by atoms with Gasteiger partial charge in [0.25, 0.3) is 0 Å². The third-order valence-corrected chi connectivity index (χ3v) is 6.67. The fourth-order valence-corrected chi connectivity index (χ4v) is 5.00. The summed E-state index contributed by atoms with van der Waals surface area (Å²) in [5, 5.41) is 12.2. The quantitative estimate of drug-likeness (QED) is 0.766. The fourth-order valence-electron chi connectivity index (χ4n) is 3.18. The molecule has 5 nitrogen and oxygen atoms in total. The van der Waals surface area contributed by atoms with E-state index in [0.717, 1.165) is 32.1 Å². The molecular formula is C14H25NO4S. The van der Waals surface area contributed by atoms with Crippen molar-refractivity contribution in [2.45, 2.75) is 68.6 Å². The van der Waals surface area contributed by atoms with Crippen LogP contribution in [0.25, 0.3) is 0 Å². The Hall–Kier alpha value is -0.620. The molecule has 1 aliphatic carbocycles. The summed E-state index contributed by atoms with van der Waals surface area (Å²) in [4.78, 5) is 12.1. The van der Waals surface area contributed by atoms with E-state index in [0.29, 0.717) is 25.7 Å². The minimum Gasteiger partial charge on any atom is -0.388 e. The summed E-state index contributed by atoms with van der Waals surface area (Å²) in [5.74, 6) is -0.322. The number of carbonyl (C=O) groups excluding carboxylic acids is 1. The van der Waals surface area contributed by atoms with Crippen molar-refractivity contribution in [3.05, 3.63) is 0 Å². The third kappa shape index (κ3) is 3.95. The summed E-state index contributed by atoms with van der Waals surface area (Å²) in [6.45, 7) is 0.178. The molecule has 116 valence electrons. The van der Waals surface area contributed by atoms with Crippen LogP contribution >= 0.6 is 0 Å². The Labute approximate surface area is 121 Å². The first-order chi connectivity index (χ1) is 9.43.